The van der Waals surface area contributed by atoms with Crippen LogP contribution in [0.4, 0.5) is 5.69 Å². The lowest BCUT2D eigenvalue weighted by Crippen LogP contribution is -2.44. The molecule has 0 spiro atoms. The van der Waals surface area contributed by atoms with Gasteiger partial charge in [-0.25, -0.2) is 0 Å². The molecule has 2 aromatic carbocycles. The van der Waals surface area contributed by atoms with Crippen molar-refractivity contribution in [3.8, 4) is 0 Å². The van der Waals surface area contributed by atoms with Crippen molar-refractivity contribution in [2.75, 3.05) is 38.1 Å². The van der Waals surface area contributed by atoms with Crippen molar-refractivity contribution in [2.24, 2.45) is 0 Å². The molecule has 0 radical (unpaired) electrons. The van der Waals surface area contributed by atoms with E-state index in [1.54, 1.807) is 0 Å². The van der Waals surface area contributed by atoms with E-state index in [4.69, 9.17) is 0 Å². The number of anilines is 1. The average molecular weight is 266 g/mol. The second-order valence-electron chi connectivity index (χ2n) is 5.62. The van der Waals surface area contributed by atoms with Crippen LogP contribution < -0.4 is 4.90 Å². The molecule has 3 rings (SSSR count). The Balaban J connectivity index is 1.65. The molecule has 1 heterocycles. The van der Waals surface area contributed by atoms with Crippen LogP contribution in [0, 0.1) is 0 Å². The topological polar surface area (TPSA) is 6.48 Å². The van der Waals surface area contributed by atoms with Gasteiger partial charge in [0, 0.05) is 31.9 Å². The highest BCUT2D eigenvalue weighted by molar-refractivity contribution is 5.48. The molecule has 1 saturated heterocycles. The Morgan fingerprint density at radius 2 is 1.35 bits per heavy atom. The number of benzene rings is 2. The fourth-order valence-corrected chi connectivity index (χ4v) is 2.72. The molecule has 0 bridgehead atoms. The van der Waals surface area contributed by atoms with Crippen LogP contribution in [0.25, 0.3) is 0 Å². The van der Waals surface area contributed by atoms with E-state index >= 15 is 0 Å². The fourth-order valence-electron chi connectivity index (χ4n) is 2.72. The third kappa shape index (κ3) is 3.20. The Morgan fingerprint density at radius 3 is 2.00 bits per heavy atom. The van der Waals surface area contributed by atoms with Crippen LogP contribution in [0.2, 0.25) is 0 Å². The quantitative estimate of drug-likeness (QED) is 0.842. The lowest BCUT2D eigenvalue weighted by atomic mass is 10.0. The zero-order valence-corrected chi connectivity index (χ0v) is 12.1. The first-order chi connectivity index (χ1) is 9.81. The van der Waals surface area contributed by atoms with Gasteiger partial charge in [0.1, 0.15) is 0 Å². The highest BCUT2D eigenvalue weighted by atomic mass is 15.2. The summed E-state index contributed by atoms with van der Waals surface area (Å²) in [6.07, 6.45) is 1.02. The molecule has 0 saturated carbocycles. The first-order valence-electron chi connectivity index (χ1n) is 7.37. The molecule has 2 nitrogen and oxygen atoms in total. The number of rotatable bonds is 3. The standard InChI is InChI=1S/C18H22N2/c1-19-11-13-20(14-12-19)18-9-7-17(8-10-18)15-16-5-3-2-4-6-16/h2-10H,11-15H2,1H3. The molecule has 2 aromatic rings. The Kier molecular flexibility index (Phi) is 4.03. The highest BCUT2D eigenvalue weighted by Gasteiger charge is 2.13. The van der Waals surface area contributed by atoms with Crippen molar-refractivity contribution < 1.29 is 0 Å². The lowest BCUT2D eigenvalue weighted by Gasteiger charge is -2.34. The Labute approximate surface area is 121 Å². The first kappa shape index (κ1) is 13.2. The average Bonchev–Trinajstić information content (AvgIpc) is 2.50. The van der Waals surface area contributed by atoms with Gasteiger partial charge in [0.15, 0.2) is 0 Å². The first-order valence-corrected chi connectivity index (χ1v) is 7.37. The van der Waals surface area contributed by atoms with Crippen LogP contribution in [0.1, 0.15) is 11.1 Å². The van der Waals surface area contributed by atoms with Crippen LogP contribution in [0.5, 0.6) is 0 Å². The molecule has 20 heavy (non-hydrogen) atoms. The summed E-state index contributed by atoms with van der Waals surface area (Å²) in [7, 11) is 2.19. The van der Waals surface area contributed by atoms with E-state index in [2.05, 4.69) is 71.4 Å². The molecule has 1 fully saturated rings. The predicted molar refractivity (Wildman–Crippen MR) is 85.4 cm³/mol. The molecule has 2 heteroatoms. The van der Waals surface area contributed by atoms with E-state index in [-0.39, 0.29) is 0 Å². The van der Waals surface area contributed by atoms with Gasteiger partial charge in [-0.2, -0.15) is 0 Å². The van der Waals surface area contributed by atoms with Gasteiger partial charge in [0.25, 0.3) is 0 Å². The maximum absolute atomic E-state index is 2.48. The van der Waals surface area contributed by atoms with Crippen molar-refractivity contribution in [3.63, 3.8) is 0 Å². The van der Waals surface area contributed by atoms with Gasteiger partial charge in [-0.05, 0) is 36.7 Å². The molecule has 0 aromatic heterocycles. The Bertz CT molecular complexity index is 525. The Morgan fingerprint density at radius 1 is 0.750 bits per heavy atom. The van der Waals surface area contributed by atoms with E-state index in [1.807, 2.05) is 0 Å². The van der Waals surface area contributed by atoms with Crippen LogP contribution in [-0.2, 0) is 6.42 Å². The number of hydrogen-bond donors (Lipinski definition) is 0. The highest BCUT2D eigenvalue weighted by Crippen LogP contribution is 2.18. The van der Waals surface area contributed by atoms with E-state index in [1.165, 1.54) is 16.8 Å². The minimum absolute atomic E-state index is 1.02. The molecular formula is C18H22N2. The van der Waals surface area contributed by atoms with Crippen LogP contribution in [0.15, 0.2) is 54.6 Å². The van der Waals surface area contributed by atoms with E-state index in [0.717, 1.165) is 32.6 Å². The predicted octanol–water partition coefficient (Wildman–Crippen LogP) is 3.03. The lowest BCUT2D eigenvalue weighted by molar-refractivity contribution is 0.313. The molecule has 1 aliphatic heterocycles. The second-order valence-corrected chi connectivity index (χ2v) is 5.62. The molecule has 104 valence electrons. The van der Waals surface area contributed by atoms with Crippen molar-refractivity contribution in [2.45, 2.75) is 6.42 Å². The number of nitrogens with zero attached hydrogens (tertiary/aromatic N) is 2. The molecule has 0 N–H and O–H groups in total. The third-order valence-electron chi connectivity index (χ3n) is 4.06. The summed E-state index contributed by atoms with van der Waals surface area (Å²) in [6, 6.07) is 19.7. The third-order valence-corrected chi connectivity index (χ3v) is 4.06. The molecule has 0 amide bonds. The summed E-state index contributed by atoms with van der Waals surface area (Å²) in [5.41, 5.74) is 4.11. The minimum atomic E-state index is 1.02. The maximum Gasteiger partial charge on any atom is 0.0367 e. The molecule has 0 unspecified atom stereocenters. The number of likely N-dealkylation sites (N-methyl/N-ethyl adjacent to an activating group) is 1. The maximum atomic E-state index is 2.48. The van der Waals surface area contributed by atoms with Crippen molar-refractivity contribution in [3.05, 3.63) is 65.7 Å². The minimum Gasteiger partial charge on any atom is -0.369 e. The van der Waals surface area contributed by atoms with E-state index in [9.17, 15) is 0 Å². The van der Waals surface area contributed by atoms with Gasteiger partial charge >= 0.3 is 0 Å². The summed E-state index contributed by atoms with van der Waals surface area (Å²) in [5, 5.41) is 0. The van der Waals surface area contributed by atoms with Gasteiger partial charge in [0.05, 0.1) is 0 Å². The molecular weight excluding hydrogens is 244 g/mol. The number of piperazine rings is 1. The van der Waals surface area contributed by atoms with Crippen molar-refractivity contribution in [1.82, 2.24) is 4.90 Å². The van der Waals surface area contributed by atoms with Gasteiger partial charge in [0.2, 0.25) is 0 Å². The van der Waals surface area contributed by atoms with Crippen molar-refractivity contribution in [1.29, 1.82) is 0 Å². The molecule has 0 atom stereocenters. The van der Waals surface area contributed by atoms with E-state index in [0.29, 0.717) is 0 Å². The SMILES string of the molecule is CN1CCN(c2ccc(Cc3ccccc3)cc2)CC1. The zero-order chi connectivity index (χ0) is 13.8. The summed E-state index contributed by atoms with van der Waals surface area (Å²) in [4.78, 5) is 4.87. The summed E-state index contributed by atoms with van der Waals surface area (Å²) in [6.45, 7) is 4.58. The van der Waals surface area contributed by atoms with Gasteiger partial charge in [-0.1, -0.05) is 42.5 Å². The molecule has 1 aliphatic rings. The largest absolute Gasteiger partial charge is 0.369 e. The summed E-state index contributed by atoms with van der Waals surface area (Å²) >= 11 is 0. The zero-order valence-electron chi connectivity index (χ0n) is 12.1. The molecule has 0 aliphatic carbocycles. The Hall–Kier alpha value is -1.80. The fraction of sp³-hybridized carbons (Fsp3) is 0.333. The van der Waals surface area contributed by atoms with Gasteiger partial charge in [-0.15, -0.1) is 0 Å². The van der Waals surface area contributed by atoms with Crippen LogP contribution >= 0.6 is 0 Å². The van der Waals surface area contributed by atoms with Crippen LogP contribution in [-0.4, -0.2) is 38.1 Å². The summed E-state index contributed by atoms with van der Waals surface area (Å²) in [5.74, 6) is 0. The monoisotopic (exact) mass is 266 g/mol. The number of hydrogen-bond acceptors (Lipinski definition) is 2. The van der Waals surface area contributed by atoms with E-state index < -0.39 is 0 Å². The smallest absolute Gasteiger partial charge is 0.0367 e. The van der Waals surface area contributed by atoms with Gasteiger partial charge < -0.3 is 9.80 Å². The normalized spacial score (nSPS) is 16.4. The van der Waals surface area contributed by atoms with Crippen molar-refractivity contribution >= 4 is 5.69 Å². The summed E-state index contributed by atoms with van der Waals surface area (Å²) < 4.78 is 0. The second kappa shape index (κ2) is 6.10. The van der Waals surface area contributed by atoms with Gasteiger partial charge in [-0.3, -0.25) is 0 Å². The van der Waals surface area contributed by atoms with Crippen LogP contribution in [0.3, 0.4) is 0 Å².